The maximum absolute atomic E-state index is 13.3. The van der Waals surface area contributed by atoms with Gasteiger partial charge in [-0.25, -0.2) is 4.98 Å². The summed E-state index contributed by atoms with van der Waals surface area (Å²) < 4.78 is 12.2. The van der Waals surface area contributed by atoms with Gasteiger partial charge in [0.25, 0.3) is 5.56 Å². The lowest BCUT2D eigenvalue weighted by molar-refractivity contribution is -0.113. The van der Waals surface area contributed by atoms with Crippen LogP contribution >= 0.6 is 11.8 Å². The minimum Gasteiger partial charge on any atom is -0.497 e. The molecule has 0 atom stereocenters. The van der Waals surface area contributed by atoms with Gasteiger partial charge in [-0.05, 0) is 31.5 Å². The van der Waals surface area contributed by atoms with E-state index in [0.717, 1.165) is 11.1 Å². The fraction of sp³-hybridized carbons (Fsp3) is 0.240. The minimum atomic E-state index is -0.251. The Bertz CT molecular complexity index is 1380. The Balaban J connectivity index is 1.64. The topological polar surface area (TPSA) is 98.2 Å². The average Bonchev–Trinajstić information content (AvgIpc) is 3.27. The van der Waals surface area contributed by atoms with Crippen LogP contribution in [0.3, 0.4) is 0 Å². The molecule has 0 fully saturated rings. The summed E-state index contributed by atoms with van der Waals surface area (Å²) in [5.41, 5.74) is 3.18. The molecule has 0 aliphatic heterocycles. The number of rotatable bonds is 8. The molecule has 0 radical (unpaired) electrons. The van der Waals surface area contributed by atoms with E-state index >= 15 is 0 Å². The molecular formula is C25H26N4O4S. The first-order chi connectivity index (χ1) is 16.4. The third kappa shape index (κ3) is 4.65. The standard InChI is InChI=1S/C25H26N4O4S/c1-15(2)29-24(31)23-22(18(13-26-23)16-8-6-5-7-9-16)28-25(29)34-14-21(30)27-19-12-17(32-3)10-11-20(19)33-4/h5-13,15,26H,14H2,1-4H3,(H,27,30). The number of nitrogens with zero attached hydrogens (tertiary/aromatic N) is 2. The van der Waals surface area contributed by atoms with Crippen molar-refractivity contribution in [3.63, 3.8) is 0 Å². The van der Waals surface area contributed by atoms with E-state index in [-0.39, 0.29) is 23.3 Å². The molecule has 9 heteroatoms. The summed E-state index contributed by atoms with van der Waals surface area (Å²) in [6, 6.07) is 14.8. The van der Waals surface area contributed by atoms with Crippen LogP contribution in [0, 0.1) is 0 Å². The number of hydrogen-bond donors (Lipinski definition) is 2. The van der Waals surface area contributed by atoms with E-state index in [4.69, 9.17) is 14.5 Å². The zero-order chi connectivity index (χ0) is 24.2. The van der Waals surface area contributed by atoms with Gasteiger partial charge < -0.3 is 19.8 Å². The highest BCUT2D eigenvalue weighted by Crippen LogP contribution is 2.31. The molecule has 176 valence electrons. The lowest BCUT2D eigenvalue weighted by Crippen LogP contribution is -2.26. The number of carbonyl (C=O) groups is 1. The third-order valence-electron chi connectivity index (χ3n) is 5.31. The van der Waals surface area contributed by atoms with Crippen molar-refractivity contribution < 1.29 is 14.3 Å². The summed E-state index contributed by atoms with van der Waals surface area (Å²) in [6.07, 6.45) is 1.80. The summed E-state index contributed by atoms with van der Waals surface area (Å²) in [5.74, 6) is 0.942. The molecule has 0 saturated heterocycles. The molecule has 8 nitrogen and oxygen atoms in total. The van der Waals surface area contributed by atoms with Gasteiger partial charge in [0.05, 0.1) is 25.7 Å². The number of H-pyrrole nitrogens is 1. The van der Waals surface area contributed by atoms with Crippen molar-refractivity contribution >= 4 is 34.4 Å². The molecule has 0 aliphatic rings. The van der Waals surface area contributed by atoms with Gasteiger partial charge in [0.1, 0.15) is 22.5 Å². The first kappa shape index (κ1) is 23.4. The number of hydrogen-bond acceptors (Lipinski definition) is 6. The number of ether oxygens (including phenoxy) is 2. The number of benzene rings is 2. The summed E-state index contributed by atoms with van der Waals surface area (Å²) >= 11 is 1.22. The predicted octanol–water partition coefficient (Wildman–Crippen LogP) is 4.72. The molecule has 34 heavy (non-hydrogen) atoms. The minimum absolute atomic E-state index is 0.0656. The third-order valence-corrected chi connectivity index (χ3v) is 6.27. The number of thioether (sulfide) groups is 1. The molecule has 0 unspecified atom stereocenters. The van der Waals surface area contributed by atoms with Crippen LogP contribution in [0.2, 0.25) is 0 Å². The highest BCUT2D eigenvalue weighted by atomic mass is 32.2. The highest BCUT2D eigenvalue weighted by molar-refractivity contribution is 7.99. The monoisotopic (exact) mass is 478 g/mol. The van der Waals surface area contributed by atoms with Crippen molar-refractivity contribution in [2.24, 2.45) is 0 Å². The number of methoxy groups -OCH3 is 2. The number of aromatic amines is 1. The fourth-order valence-electron chi connectivity index (χ4n) is 3.67. The van der Waals surface area contributed by atoms with Crippen molar-refractivity contribution in [1.29, 1.82) is 0 Å². The Labute approximate surface area is 201 Å². The van der Waals surface area contributed by atoms with E-state index < -0.39 is 0 Å². The van der Waals surface area contributed by atoms with Crippen LogP contribution in [0.25, 0.3) is 22.2 Å². The average molecular weight is 479 g/mol. The molecule has 2 heterocycles. The van der Waals surface area contributed by atoms with Crippen LogP contribution in [0.4, 0.5) is 5.69 Å². The van der Waals surface area contributed by atoms with Gasteiger partial charge in [0.2, 0.25) is 5.91 Å². The Kier molecular flexibility index (Phi) is 6.93. The number of amides is 1. The second-order valence-corrected chi connectivity index (χ2v) is 8.80. The molecule has 2 aromatic heterocycles. The Morgan fingerprint density at radius 3 is 2.59 bits per heavy atom. The van der Waals surface area contributed by atoms with Crippen LogP contribution in [-0.4, -0.2) is 40.4 Å². The molecule has 4 rings (SSSR count). The molecule has 0 aliphatic carbocycles. The van der Waals surface area contributed by atoms with E-state index in [9.17, 15) is 9.59 Å². The van der Waals surface area contributed by atoms with Crippen molar-refractivity contribution in [1.82, 2.24) is 14.5 Å². The van der Waals surface area contributed by atoms with Gasteiger partial charge in [-0.1, -0.05) is 42.1 Å². The molecule has 0 spiro atoms. The Morgan fingerprint density at radius 2 is 1.91 bits per heavy atom. The number of aromatic nitrogens is 3. The van der Waals surface area contributed by atoms with E-state index in [0.29, 0.717) is 33.4 Å². The quantitative estimate of drug-likeness (QED) is 0.281. The molecule has 0 bridgehead atoms. The first-order valence-corrected chi connectivity index (χ1v) is 11.7. The number of nitrogens with one attached hydrogen (secondary N) is 2. The van der Waals surface area contributed by atoms with Crippen molar-refractivity contribution in [3.05, 3.63) is 65.1 Å². The zero-order valence-corrected chi connectivity index (χ0v) is 20.2. The SMILES string of the molecule is COc1ccc(OC)c(NC(=O)CSc2nc3c(-c4ccccc4)c[nH]c3c(=O)n2C(C)C)c1. The lowest BCUT2D eigenvalue weighted by Gasteiger charge is -2.16. The van der Waals surface area contributed by atoms with E-state index in [1.807, 2.05) is 44.2 Å². The number of anilines is 1. The van der Waals surface area contributed by atoms with Crippen LogP contribution in [0.15, 0.2) is 64.7 Å². The van der Waals surface area contributed by atoms with Crippen LogP contribution in [0.5, 0.6) is 11.5 Å². The predicted molar refractivity (Wildman–Crippen MR) is 135 cm³/mol. The summed E-state index contributed by atoms with van der Waals surface area (Å²) in [7, 11) is 3.09. The second kappa shape index (κ2) is 10.0. The van der Waals surface area contributed by atoms with Crippen LogP contribution in [0.1, 0.15) is 19.9 Å². The smallest absolute Gasteiger partial charge is 0.278 e. The lowest BCUT2D eigenvalue weighted by atomic mass is 10.1. The molecule has 1 amide bonds. The summed E-state index contributed by atoms with van der Waals surface area (Å²) in [6.45, 7) is 3.84. The molecule has 2 N–H and O–H groups in total. The van der Waals surface area contributed by atoms with Crippen molar-refractivity contribution in [2.75, 3.05) is 25.3 Å². The van der Waals surface area contributed by atoms with Gasteiger partial charge in [-0.15, -0.1) is 0 Å². The highest BCUT2D eigenvalue weighted by Gasteiger charge is 2.19. The first-order valence-electron chi connectivity index (χ1n) is 10.8. The molecule has 0 saturated carbocycles. The molecule has 4 aromatic rings. The van der Waals surface area contributed by atoms with Crippen LogP contribution in [-0.2, 0) is 4.79 Å². The normalized spacial score (nSPS) is 11.1. The van der Waals surface area contributed by atoms with E-state index in [2.05, 4.69) is 10.3 Å². The van der Waals surface area contributed by atoms with Gasteiger partial charge >= 0.3 is 0 Å². The van der Waals surface area contributed by atoms with Gasteiger partial charge in [0.15, 0.2) is 5.16 Å². The maximum Gasteiger partial charge on any atom is 0.278 e. The Morgan fingerprint density at radius 1 is 1.15 bits per heavy atom. The molecular weight excluding hydrogens is 452 g/mol. The van der Waals surface area contributed by atoms with Crippen LogP contribution < -0.4 is 20.3 Å². The van der Waals surface area contributed by atoms with Gasteiger partial charge in [-0.2, -0.15) is 0 Å². The second-order valence-electron chi connectivity index (χ2n) is 7.86. The van der Waals surface area contributed by atoms with Gasteiger partial charge in [0, 0.05) is 23.9 Å². The van der Waals surface area contributed by atoms with E-state index in [1.54, 1.807) is 36.1 Å². The van der Waals surface area contributed by atoms with Crippen molar-refractivity contribution in [3.8, 4) is 22.6 Å². The summed E-state index contributed by atoms with van der Waals surface area (Å²) in [5, 5.41) is 3.34. The van der Waals surface area contributed by atoms with E-state index in [1.165, 1.54) is 18.9 Å². The van der Waals surface area contributed by atoms with Crippen molar-refractivity contribution in [2.45, 2.75) is 25.0 Å². The zero-order valence-electron chi connectivity index (χ0n) is 19.4. The fourth-order valence-corrected chi connectivity index (χ4v) is 4.60. The summed E-state index contributed by atoms with van der Waals surface area (Å²) in [4.78, 5) is 33.9. The largest absolute Gasteiger partial charge is 0.497 e. The number of carbonyl (C=O) groups excluding carboxylic acids is 1. The maximum atomic E-state index is 13.3. The Hall–Kier alpha value is -3.72. The van der Waals surface area contributed by atoms with Gasteiger partial charge in [-0.3, -0.25) is 14.2 Å². The number of fused-ring (bicyclic) bond motifs is 1. The molecule has 2 aromatic carbocycles.